The standard InChI is InChI=1S/C17H15NO2S/c1-3-11-8-9-14(21-11)16-10(2)15(17(19)20)12-6-4-5-7-13(12)18-16/h4-9H,3H2,1-2H3,(H,19,20). The highest BCUT2D eigenvalue weighted by molar-refractivity contribution is 7.15. The predicted molar refractivity (Wildman–Crippen MR) is 86.1 cm³/mol. The van der Waals surface area contributed by atoms with E-state index in [-0.39, 0.29) is 0 Å². The van der Waals surface area contributed by atoms with Crippen molar-refractivity contribution < 1.29 is 9.90 Å². The van der Waals surface area contributed by atoms with Crippen LogP contribution in [0.2, 0.25) is 0 Å². The Labute approximate surface area is 126 Å². The molecule has 0 unspecified atom stereocenters. The summed E-state index contributed by atoms with van der Waals surface area (Å²) in [6.45, 7) is 3.95. The fourth-order valence-corrected chi connectivity index (χ4v) is 3.51. The maximum Gasteiger partial charge on any atom is 0.336 e. The molecular weight excluding hydrogens is 282 g/mol. The van der Waals surface area contributed by atoms with Crippen molar-refractivity contribution in [3.8, 4) is 10.6 Å². The maximum atomic E-state index is 11.7. The second kappa shape index (κ2) is 5.30. The predicted octanol–water partition coefficient (Wildman–Crippen LogP) is 4.53. The van der Waals surface area contributed by atoms with Gasteiger partial charge in [0.25, 0.3) is 0 Å². The Balaban J connectivity index is 2.33. The molecule has 0 aliphatic heterocycles. The molecule has 4 heteroatoms. The second-order valence-corrected chi connectivity index (χ2v) is 6.07. The molecule has 0 saturated heterocycles. The summed E-state index contributed by atoms with van der Waals surface area (Å²) in [5.74, 6) is -0.903. The second-order valence-electron chi connectivity index (χ2n) is 4.90. The summed E-state index contributed by atoms with van der Waals surface area (Å²) in [5.41, 5.74) is 2.57. The molecule has 3 aromatic rings. The molecule has 0 atom stereocenters. The molecule has 0 bridgehead atoms. The highest BCUT2D eigenvalue weighted by atomic mass is 32.1. The van der Waals surface area contributed by atoms with E-state index >= 15 is 0 Å². The normalized spacial score (nSPS) is 11.0. The van der Waals surface area contributed by atoms with Gasteiger partial charge < -0.3 is 5.11 Å². The number of rotatable bonds is 3. The highest BCUT2D eigenvalue weighted by Crippen LogP contribution is 2.33. The summed E-state index contributed by atoms with van der Waals surface area (Å²) >= 11 is 1.67. The molecule has 3 nitrogen and oxygen atoms in total. The summed E-state index contributed by atoms with van der Waals surface area (Å²) in [6, 6.07) is 11.5. The van der Waals surface area contributed by atoms with Crippen molar-refractivity contribution in [3.63, 3.8) is 0 Å². The molecule has 3 rings (SSSR count). The van der Waals surface area contributed by atoms with Gasteiger partial charge in [0.2, 0.25) is 0 Å². The third kappa shape index (κ3) is 2.32. The molecular formula is C17H15NO2S. The van der Waals surface area contributed by atoms with E-state index in [2.05, 4.69) is 18.0 Å². The summed E-state index contributed by atoms with van der Waals surface area (Å²) in [6.07, 6.45) is 0.975. The molecule has 106 valence electrons. The van der Waals surface area contributed by atoms with E-state index in [9.17, 15) is 9.90 Å². The van der Waals surface area contributed by atoms with E-state index in [1.807, 2.05) is 37.3 Å². The smallest absolute Gasteiger partial charge is 0.336 e. The van der Waals surface area contributed by atoms with Crippen LogP contribution < -0.4 is 0 Å². The van der Waals surface area contributed by atoms with Gasteiger partial charge in [-0.1, -0.05) is 25.1 Å². The number of aromatic carboxylic acids is 1. The first-order valence-corrected chi connectivity index (χ1v) is 7.65. The zero-order valence-corrected chi connectivity index (χ0v) is 12.7. The van der Waals surface area contributed by atoms with Crippen molar-refractivity contribution in [2.45, 2.75) is 20.3 Å². The third-order valence-electron chi connectivity index (χ3n) is 3.59. The number of para-hydroxylation sites is 1. The van der Waals surface area contributed by atoms with Crippen LogP contribution in [0, 0.1) is 6.92 Å². The Morgan fingerprint density at radius 1 is 1.24 bits per heavy atom. The van der Waals surface area contributed by atoms with Crippen molar-refractivity contribution in [2.24, 2.45) is 0 Å². The zero-order valence-electron chi connectivity index (χ0n) is 11.9. The molecule has 1 aromatic carbocycles. The van der Waals surface area contributed by atoms with Gasteiger partial charge in [0, 0.05) is 10.3 Å². The number of carboxylic acid groups (broad SMARTS) is 1. The SMILES string of the molecule is CCc1ccc(-c2nc3ccccc3c(C(=O)O)c2C)s1. The van der Waals surface area contributed by atoms with E-state index < -0.39 is 5.97 Å². The number of nitrogens with zero attached hydrogens (tertiary/aromatic N) is 1. The highest BCUT2D eigenvalue weighted by Gasteiger charge is 2.18. The van der Waals surface area contributed by atoms with Gasteiger partial charge in [-0.15, -0.1) is 11.3 Å². The Morgan fingerprint density at radius 3 is 2.67 bits per heavy atom. The van der Waals surface area contributed by atoms with E-state index in [4.69, 9.17) is 0 Å². The van der Waals surface area contributed by atoms with Gasteiger partial charge in [0.1, 0.15) is 0 Å². The Hall–Kier alpha value is -2.20. The number of carbonyl (C=O) groups is 1. The van der Waals surface area contributed by atoms with Gasteiger partial charge in [0.15, 0.2) is 0 Å². The zero-order chi connectivity index (χ0) is 15.0. The van der Waals surface area contributed by atoms with Crippen LogP contribution in [-0.2, 0) is 6.42 Å². The molecule has 0 radical (unpaired) electrons. The first-order chi connectivity index (χ1) is 10.1. The number of aryl methyl sites for hydroxylation is 1. The van der Waals surface area contributed by atoms with Crippen LogP contribution in [0.5, 0.6) is 0 Å². The summed E-state index contributed by atoms with van der Waals surface area (Å²) < 4.78 is 0. The maximum absolute atomic E-state index is 11.7. The quantitative estimate of drug-likeness (QED) is 0.772. The van der Waals surface area contributed by atoms with E-state index in [0.717, 1.165) is 28.1 Å². The summed E-state index contributed by atoms with van der Waals surface area (Å²) in [5, 5.41) is 10.3. The fraction of sp³-hybridized carbons (Fsp3) is 0.176. The molecule has 0 amide bonds. The summed E-state index contributed by atoms with van der Waals surface area (Å²) in [7, 11) is 0. The number of thiophene rings is 1. The number of aromatic nitrogens is 1. The summed E-state index contributed by atoms with van der Waals surface area (Å²) in [4.78, 5) is 18.6. The monoisotopic (exact) mass is 297 g/mol. The average Bonchev–Trinajstić information content (AvgIpc) is 2.94. The van der Waals surface area contributed by atoms with Crippen LogP contribution in [0.4, 0.5) is 0 Å². The van der Waals surface area contributed by atoms with E-state index in [1.54, 1.807) is 11.3 Å². The number of benzene rings is 1. The van der Waals surface area contributed by atoms with Crippen molar-refractivity contribution in [2.75, 3.05) is 0 Å². The van der Waals surface area contributed by atoms with Crippen molar-refractivity contribution in [1.82, 2.24) is 4.98 Å². The Bertz CT molecular complexity index is 836. The minimum Gasteiger partial charge on any atom is -0.478 e. The first kappa shape index (κ1) is 13.8. The molecule has 2 heterocycles. The van der Waals surface area contributed by atoms with Crippen LogP contribution in [0.3, 0.4) is 0 Å². The minimum absolute atomic E-state index is 0.349. The lowest BCUT2D eigenvalue weighted by Gasteiger charge is -2.10. The van der Waals surface area contributed by atoms with Gasteiger partial charge in [-0.2, -0.15) is 0 Å². The molecule has 0 aliphatic carbocycles. The lowest BCUT2D eigenvalue weighted by molar-refractivity contribution is 0.0698. The molecule has 1 N–H and O–H groups in total. The van der Waals surface area contributed by atoms with Crippen LogP contribution in [0.25, 0.3) is 21.5 Å². The van der Waals surface area contributed by atoms with Crippen LogP contribution in [-0.4, -0.2) is 16.1 Å². The first-order valence-electron chi connectivity index (χ1n) is 6.83. The number of pyridine rings is 1. The van der Waals surface area contributed by atoms with Crippen molar-refractivity contribution in [1.29, 1.82) is 0 Å². The third-order valence-corrected chi connectivity index (χ3v) is 4.83. The van der Waals surface area contributed by atoms with Gasteiger partial charge >= 0.3 is 5.97 Å². The average molecular weight is 297 g/mol. The number of hydrogen-bond acceptors (Lipinski definition) is 3. The van der Waals surface area contributed by atoms with Gasteiger partial charge in [-0.25, -0.2) is 9.78 Å². The van der Waals surface area contributed by atoms with Crippen molar-refractivity contribution >= 4 is 28.2 Å². The van der Waals surface area contributed by atoms with E-state index in [0.29, 0.717) is 10.9 Å². The Kier molecular flexibility index (Phi) is 3.47. The topological polar surface area (TPSA) is 50.2 Å². The molecule has 2 aromatic heterocycles. The van der Waals surface area contributed by atoms with Gasteiger partial charge in [0.05, 0.1) is 21.7 Å². The Morgan fingerprint density at radius 2 is 2.00 bits per heavy atom. The molecule has 0 fully saturated rings. The van der Waals surface area contributed by atoms with Gasteiger partial charge in [-0.3, -0.25) is 0 Å². The molecule has 0 aliphatic rings. The van der Waals surface area contributed by atoms with E-state index in [1.165, 1.54) is 4.88 Å². The fourth-order valence-electron chi connectivity index (χ4n) is 2.52. The van der Waals surface area contributed by atoms with Gasteiger partial charge in [-0.05, 0) is 37.1 Å². The number of fused-ring (bicyclic) bond motifs is 1. The minimum atomic E-state index is -0.903. The van der Waals surface area contributed by atoms with Crippen LogP contribution >= 0.6 is 11.3 Å². The lowest BCUT2D eigenvalue weighted by Crippen LogP contribution is -2.04. The van der Waals surface area contributed by atoms with Crippen LogP contribution in [0.15, 0.2) is 36.4 Å². The number of carboxylic acids is 1. The number of hydrogen-bond donors (Lipinski definition) is 1. The lowest BCUT2D eigenvalue weighted by atomic mass is 10.0. The molecule has 0 saturated carbocycles. The largest absolute Gasteiger partial charge is 0.478 e. The van der Waals surface area contributed by atoms with Crippen LogP contribution in [0.1, 0.15) is 27.7 Å². The van der Waals surface area contributed by atoms with Crippen molar-refractivity contribution in [3.05, 3.63) is 52.4 Å². The molecule has 0 spiro atoms. The molecule has 21 heavy (non-hydrogen) atoms.